The van der Waals surface area contributed by atoms with Gasteiger partial charge in [-0.1, -0.05) is 0 Å². The number of likely N-dealkylation sites (N-methyl/N-ethyl adjacent to an activating group) is 1. The zero-order chi connectivity index (χ0) is 16.8. The molecule has 4 aliphatic rings. The molecule has 0 aromatic heterocycles. The molecule has 0 saturated carbocycles. The Kier molecular flexibility index (Phi) is 3.40. The van der Waals surface area contributed by atoms with Crippen molar-refractivity contribution in [1.82, 2.24) is 9.56 Å². The van der Waals surface area contributed by atoms with Crippen LogP contribution in [0.2, 0.25) is 0 Å². The number of ether oxygens (including phenoxy) is 1. The zero-order valence-electron chi connectivity index (χ0n) is 14.5. The summed E-state index contributed by atoms with van der Waals surface area (Å²) < 4.78 is 14.5. The van der Waals surface area contributed by atoms with E-state index in [-0.39, 0.29) is 0 Å². The normalized spacial score (nSPS) is 17.2. The molecule has 0 amide bonds. The van der Waals surface area contributed by atoms with Crippen molar-refractivity contribution in [2.45, 2.75) is 19.8 Å². The van der Waals surface area contributed by atoms with Crippen LogP contribution in [-0.2, 0) is 0 Å². The first-order chi connectivity index (χ1) is 12.3. The molecule has 5 nitrogen and oxygen atoms in total. The lowest BCUT2D eigenvalue weighted by Gasteiger charge is -2.30. The van der Waals surface area contributed by atoms with Gasteiger partial charge in [-0.25, -0.2) is 9.56 Å². The second kappa shape index (κ2) is 5.76. The van der Waals surface area contributed by atoms with E-state index >= 15 is 0 Å². The lowest BCUT2D eigenvalue weighted by Crippen LogP contribution is -2.32. The van der Waals surface area contributed by atoms with Crippen molar-refractivity contribution in [2.24, 2.45) is 0 Å². The van der Waals surface area contributed by atoms with Gasteiger partial charge in [0.1, 0.15) is 36.7 Å². The molecule has 1 aliphatic carbocycles. The summed E-state index contributed by atoms with van der Waals surface area (Å²) in [5.41, 5.74) is 3.65. The summed E-state index contributed by atoms with van der Waals surface area (Å²) in [7, 11) is 0. The lowest BCUT2D eigenvalue weighted by molar-refractivity contribution is 0.308. The van der Waals surface area contributed by atoms with Crippen LogP contribution in [0.1, 0.15) is 19.8 Å². The van der Waals surface area contributed by atoms with Crippen LogP contribution in [0.3, 0.4) is 0 Å². The van der Waals surface area contributed by atoms with Crippen molar-refractivity contribution in [3.63, 3.8) is 0 Å². The van der Waals surface area contributed by atoms with E-state index in [1.165, 1.54) is 18.2 Å². The second-order valence-electron chi connectivity index (χ2n) is 6.78. The van der Waals surface area contributed by atoms with Crippen LogP contribution in [-0.4, -0.2) is 37.8 Å². The molecular formula is C20H22N3O2+. The highest BCUT2D eigenvalue weighted by Gasteiger charge is 2.21. The van der Waals surface area contributed by atoms with E-state index in [1.807, 2.05) is 6.07 Å². The zero-order valence-corrected chi connectivity index (χ0v) is 14.5. The highest BCUT2D eigenvalue weighted by molar-refractivity contribution is 5.84. The van der Waals surface area contributed by atoms with Crippen molar-refractivity contribution < 1.29 is 9.15 Å². The van der Waals surface area contributed by atoms with Crippen molar-refractivity contribution in [3.8, 4) is 17.2 Å². The third-order valence-corrected chi connectivity index (χ3v) is 5.26. The summed E-state index contributed by atoms with van der Waals surface area (Å²) in [5.74, 6) is 1.74. The molecule has 128 valence electrons. The van der Waals surface area contributed by atoms with Crippen LogP contribution in [0, 0.1) is 0 Å². The Morgan fingerprint density at radius 3 is 2.88 bits per heavy atom. The number of benzene rings is 2. The van der Waals surface area contributed by atoms with Gasteiger partial charge in [-0.3, -0.25) is 0 Å². The quantitative estimate of drug-likeness (QED) is 0.506. The van der Waals surface area contributed by atoms with Crippen molar-refractivity contribution in [1.29, 1.82) is 0 Å². The van der Waals surface area contributed by atoms with E-state index in [1.54, 1.807) is 0 Å². The maximum Gasteiger partial charge on any atom is 0.203 e. The van der Waals surface area contributed by atoms with E-state index in [4.69, 9.17) is 14.1 Å². The summed E-state index contributed by atoms with van der Waals surface area (Å²) in [6, 6.07) is 10.4. The molecule has 5 rings (SSSR count). The molecule has 0 N–H and O–H groups in total. The summed E-state index contributed by atoms with van der Waals surface area (Å²) in [6.07, 6.45) is 2.54. The van der Waals surface area contributed by atoms with Gasteiger partial charge in [-0.15, -0.1) is 0 Å². The van der Waals surface area contributed by atoms with Gasteiger partial charge in [0.15, 0.2) is 11.3 Å². The first-order valence-electron chi connectivity index (χ1n) is 9.16. The number of hydrogen-bond donors (Lipinski definition) is 0. The largest absolute Gasteiger partial charge is 0.489 e. The van der Waals surface area contributed by atoms with E-state index in [0.29, 0.717) is 0 Å². The standard InChI is InChI=1S/C20H22N3O2/c1-2-22-9-10-24-20-12-16-19(13-17(20)22)25-18-11-14(5-6-15(18)21-16)23-7-3-4-8-23/h5-6,11-13H,2-4,7-10H2,1H3/q+1. The number of nitrogens with zero attached hydrogens (tertiary/aromatic N) is 3. The fourth-order valence-corrected chi connectivity index (χ4v) is 3.88. The minimum Gasteiger partial charge on any atom is -0.489 e. The third-order valence-electron chi connectivity index (χ3n) is 5.26. The van der Waals surface area contributed by atoms with Crippen LogP contribution in [0.25, 0.3) is 22.6 Å². The summed E-state index contributed by atoms with van der Waals surface area (Å²) in [4.78, 5) is 7.11. The molecule has 25 heavy (non-hydrogen) atoms. The minimum absolute atomic E-state index is 0.719. The first kappa shape index (κ1) is 14.8. The SMILES string of the molecule is CCN1CCOc2cc3nc4ccc(=[N+]5CCCC5)cc-4oc3cc21. The van der Waals surface area contributed by atoms with Crippen LogP contribution >= 0.6 is 0 Å². The Hall–Kier alpha value is -2.56. The number of fused-ring (bicyclic) bond motifs is 3. The van der Waals surface area contributed by atoms with Gasteiger partial charge in [0.2, 0.25) is 5.36 Å². The molecule has 1 aromatic rings. The molecule has 0 spiro atoms. The first-order valence-corrected chi connectivity index (χ1v) is 9.16. The average molecular weight is 336 g/mol. The highest BCUT2D eigenvalue weighted by Crippen LogP contribution is 2.36. The van der Waals surface area contributed by atoms with Gasteiger partial charge in [-0.2, -0.15) is 0 Å². The van der Waals surface area contributed by atoms with Crippen LogP contribution in [0.4, 0.5) is 5.69 Å². The molecule has 0 bridgehead atoms. The van der Waals surface area contributed by atoms with Gasteiger partial charge >= 0.3 is 0 Å². The molecule has 3 heterocycles. The third kappa shape index (κ3) is 2.46. The van der Waals surface area contributed by atoms with Crippen molar-refractivity contribution in [3.05, 3.63) is 35.7 Å². The molecular weight excluding hydrogens is 314 g/mol. The predicted molar refractivity (Wildman–Crippen MR) is 98.3 cm³/mol. The van der Waals surface area contributed by atoms with E-state index in [9.17, 15) is 0 Å². The number of rotatable bonds is 1. The lowest BCUT2D eigenvalue weighted by atomic mass is 10.2. The van der Waals surface area contributed by atoms with Crippen LogP contribution in [0.5, 0.6) is 5.75 Å². The van der Waals surface area contributed by atoms with E-state index in [2.05, 4.69) is 40.7 Å². The van der Waals surface area contributed by atoms with Gasteiger partial charge < -0.3 is 14.1 Å². The molecule has 1 saturated heterocycles. The van der Waals surface area contributed by atoms with Gasteiger partial charge in [-0.05, 0) is 13.0 Å². The highest BCUT2D eigenvalue weighted by atomic mass is 16.5. The fourth-order valence-electron chi connectivity index (χ4n) is 3.88. The van der Waals surface area contributed by atoms with Crippen molar-refractivity contribution >= 4 is 16.8 Å². The van der Waals surface area contributed by atoms with Crippen LogP contribution in [0.15, 0.2) is 34.7 Å². The predicted octanol–water partition coefficient (Wildman–Crippen LogP) is 2.72. The summed E-state index contributed by atoms with van der Waals surface area (Å²) >= 11 is 0. The number of anilines is 1. The number of hydrogen-bond acceptors (Lipinski definition) is 4. The van der Waals surface area contributed by atoms with Crippen LogP contribution < -0.4 is 19.6 Å². The monoisotopic (exact) mass is 336 g/mol. The molecule has 0 radical (unpaired) electrons. The fraction of sp³-hybridized carbons (Fsp3) is 0.400. The molecule has 3 aliphatic heterocycles. The van der Waals surface area contributed by atoms with Gasteiger partial charge in [0, 0.05) is 37.6 Å². The maximum absolute atomic E-state index is 6.23. The number of aromatic nitrogens is 1. The maximum atomic E-state index is 6.23. The van der Waals surface area contributed by atoms with E-state index in [0.717, 1.165) is 66.8 Å². The smallest absolute Gasteiger partial charge is 0.203 e. The molecule has 0 unspecified atom stereocenters. The minimum atomic E-state index is 0.719. The Morgan fingerprint density at radius 1 is 1.16 bits per heavy atom. The molecule has 0 atom stereocenters. The van der Waals surface area contributed by atoms with Gasteiger partial charge in [0.25, 0.3) is 0 Å². The Labute approximate surface area is 146 Å². The summed E-state index contributed by atoms with van der Waals surface area (Å²) in [6.45, 7) is 7.01. The second-order valence-corrected chi connectivity index (χ2v) is 6.78. The summed E-state index contributed by atoms with van der Waals surface area (Å²) in [5, 5.41) is 1.23. The Bertz CT molecular complexity index is 984. The Balaban J connectivity index is 1.71. The molecule has 5 heteroatoms. The average Bonchev–Trinajstić information content (AvgIpc) is 3.18. The van der Waals surface area contributed by atoms with Gasteiger partial charge in [0.05, 0.1) is 18.3 Å². The topological polar surface area (TPSA) is 41.5 Å². The molecule has 1 fully saturated rings. The Morgan fingerprint density at radius 2 is 2.04 bits per heavy atom. The van der Waals surface area contributed by atoms with Crippen molar-refractivity contribution in [2.75, 3.05) is 37.7 Å². The van der Waals surface area contributed by atoms with E-state index < -0.39 is 0 Å². The molecule has 1 aromatic carbocycles.